The van der Waals surface area contributed by atoms with Crippen molar-refractivity contribution in [2.75, 3.05) is 18.5 Å². The van der Waals surface area contributed by atoms with Crippen LogP contribution in [0.2, 0.25) is 0 Å². The van der Waals surface area contributed by atoms with E-state index in [0.29, 0.717) is 11.5 Å². The predicted molar refractivity (Wildman–Crippen MR) is 55.2 cm³/mol. The van der Waals surface area contributed by atoms with Crippen LogP contribution in [0, 0.1) is 0 Å². The summed E-state index contributed by atoms with van der Waals surface area (Å²) in [4.78, 5) is 15.1. The normalized spacial score (nSPS) is 11.2. The molecule has 2 heterocycles. The van der Waals surface area contributed by atoms with Crippen LogP contribution in [0.15, 0.2) is 17.2 Å². The summed E-state index contributed by atoms with van der Waals surface area (Å²) in [5.41, 5.74) is 0.0482. The molecule has 0 saturated carbocycles. The van der Waals surface area contributed by atoms with Crippen LogP contribution in [-0.2, 0) is 0 Å². The predicted octanol–water partition coefficient (Wildman–Crippen LogP) is -1.82. The van der Waals surface area contributed by atoms with Crippen LogP contribution < -0.4 is 11.0 Å². The molecule has 0 aliphatic heterocycles. The van der Waals surface area contributed by atoms with Crippen molar-refractivity contribution in [2.45, 2.75) is 6.04 Å². The van der Waals surface area contributed by atoms with Gasteiger partial charge in [-0.05, 0) is 0 Å². The van der Waals surface area contributed by atoms with Gasteiger partial charge in [0.05, 0.1) is 19.3 Å². The third kappa shape index (κ3) is 1.88. The van der Waals surface area contributed by atoms with E-state index in [4.69, 9.17) is 10.2 Å². The van der Waals surface area contributed by atoms with Crippen molar-refractivity contribution in [1.82, 2.24) is 19.6 Å². The van der Waals surface area contributed by atoms with Crippen molar-refractivity contribution in [3.05, 3.63) is 22.9 Å². The highest BCUT2D eigenvalue weighted by Crippen LogP contribution is 2.05. The topological polar surface area (TPSA) is 116 Å². The summed E-state index contributed by atoms with van der Waals surface area (Å²) in [7, 11) is 0. The van der Waals surface area contributed by atoms with Crippen LogP contribution in [0.4, 0.5) is 5.82 Å². The van der Waals surface area contributed by atoms with Crippen LogP contribution in [-0.4, -0.2) is 49.1 Å². The number of hydrogen-bond acceptors (Lipinski definition) is 6. The molecule has 86 valence electrons. The Hall–Kier alpha value is -1.93. The quantitative estimate of drug-likeness (QED) is 0.487. The Kier molecular flexibility index (Phi) is 2.84. The molecule has 4 N–H and O–H groups in total. The average Bonchev–Trinajstić information content (AvgIpc) is 2.68. The van der Waals surface area contributed by atoms with E-state index in [1.54, 1.807) is 0 Å². The number of hydrogen-bond donors (Lipinski definition) is 4. The van der Waals surface area contributed by atoms with Crippen LogP contribution >= 0.6 is 0 Å². The summed E-state index contributed by atoms with van der Waals surface area (Å²) in [5, 5.41) is 26.6. The Balaban J connectivity index is 2.29. The highest BCUT2D eigenvalue weighted by Gasteiger charge is 2.07. The van der Waals surface area contributed by atoms with E-state index in [-0.39, 0.29) is 18.9 Å². The maximum Gasteiger partial charge on any atom is 0.348 e. The molecule has 0 radical (unpaired) electrons. The number of aromatic nitrogens is 4. The number of H-pyrrole nitrogens is 1. The van der Waals surface area contributed by atoms with Gasteiger partial charge in [0, 0.05) is 6.07 Å². The Labute approximate surface area is 89.6 Å². The lowest BCUT2D eigenvalue weighted by atomic mass is 10.3. The van der Waals surface area contributed by atoms with Crippen LogP contribution in [0.3, 0.4) is 0 Å². The van der Waals surface area contributed by atoms with Gasteiger partial charge in [0.1, 0.15) is 12.1 Å². The van der Waals surface area contributed by atoms with E-state index in [1.165, 1.54) is 16.8 Å². The Morgan fingerprint density at radius 2 is 2.25 bits per heavy atom. The molecule has 0 fully saturated rings. The Bertz CT molecular complexity index is 530. The zero-order valence-corrected chi connectivity index (χ0v) is 8.29. The Morgan fingerprint density at radius 3 is 2.94 bits per heavy atom. The molecular weight excluding hydrogens is 214 g/mol. The van der Waals surface area contributed by atoms with E-state index in [2.05, 4.69) is 20.5 Å². The number of aliphatic hydroxyl groups is 2. The zero-order chi connectivity index (χ0) is 11.5. The number of aliphatic hydroxyl groups excluding tert-OH is 2. The van der Waals surface area contributed by atoms with E-state index in [9.17, 15) is 4.79 Å². The van der Waals surface area contributed by atoms with Gasteiger partial charge in [-0.1, -0.05) is 0 Å². The summed E-state index contributed by atoms with van der Waals surface area (Å²) >= 11 is 0. The van der Waals surface area contributed by atoms with Gasteiger partial charge in [-0.25, -0.2) is 19.3 Å². The van der Waals surface area contributed by atoms with Crippen molar-refractivity contribution in [3.8, 4) is 0 Å². The van der Waals surface area contributed by atoms with E-state index < -0.39 is 6.04 Å². The molecule has 0 atom stereocenters. The number of aromatic amines is 1. The first kappa shape index (κ1) is 10.6. The van der Waals surface area contributed by atoms with Gasteiger partial charge in [0.15, 0.2) is 5.65 Å². The second kappa shape index (κ2) is 4.29. The van der Waals surface area contributed by atoms with Crippen LogP contribution in [0.5, 0.6) is 0 Å². The van der Waals surface area contributed by atoms with Gasteiger partial charge >= 0.3 is 5.69 Å². The first-order valence-electron chi connectivity index (χ1n) is 4.65. The lowest BCUT2D eigenvalue weighted by Gasteiger charge is -2.13. The number of anilines is 1. The molecule has 0 unspecified atom stereocenters. The fourth-order valence-electron chi connectivity index (χ4n) is 1.25. The number of nitrogens with zero attached hydrogens (tertiary/aromatic N) is 3. The molecule has 16 heavy (non-hydrogen) atoms. The zero-order valence-electron chi connectivity index (χ0n) is 8.29. The fourth-order valence-corrected chi connectivity index (χ4v) is 1.25. The van der Waals surface area contributed by atoms with Gasteiger partial charge in [0.2, 0.25) is 0 Å². The highest BCUT2D eigenvalue weighted by molar-refractivity contribution is 5.48. The minimum absolute atomic E-state index is 0.212. The largest absolute Gasteiger partial charge is 0.394 e. The summed E-state index contributed by atoms with van der Waals surface area (Å²) < 4.78 is 1.25. The maximum atomic E-state index is 11.1. The molecule has 0 amide bonds. The van der Waals surface area contributed by atoms with Crippen molar-refractivity contribution in [1.29, 1.82) is 0 Å². The van der Waals surface area contributed by atoms with Crippen molar-refractivity contribution >= 4 is 11.5 Å². The first-order chi connectivity index (χ1) is 7.74. The summed E-state index contributed by atoms with van der Waals surface area (Å²) in [6.07, 6.45) is 1.31. The SMILES string of the molecule is O=c1[nH]nc2cc(NC(CO)CO)ncn12. The Morgan fingerprint density at radius 1 is 1.50 bits per heavy atom. The van der Waals surface area contributed by atoms with Gasteiger partial charge in [-0.15, -0.1) is 0 Å². The van der Waals surface area contributed by atoms with E-state index in [1.807, 2.05) is 0 Å². The van der Waals surface area contributed by atoms with Crippen molar-refractivity contribution in [3.63, 3.8) is 0 Å². The van der Waals surface area contributed by atoms with Crippen LogP contribution in [0.1, 0.15) is 0 Å². The smallest absolute Gasteiger partial charge is 0.348 e. The van der Waals surface area contributed by atoms with Gasteiger partial charge in [0.25, 0.3) is 0 Å². The number of rotatable bonds is 4. The molecular formula is C8H11N5O3. The van der Waals surface area contributed by atoms with Gasteiger partial charge in [-0.3, -0.25) is 0 Å². The lowest BCUT2D eigenvalue weighted by Crippen LogP contribution is -2.28. The second-order valence-corrected chi connectivity index (χ2v) is 3.24. The lowest BCUT2D eigenvalue weighted by molar-refractivity contribution is 0.203. The van der Waals surface area contributed by atoms with Crippen molar-refractivity contribution < 1.29 is 10.2 Å². The molecule has 0 aliphatic carbocycles. The van der Waals surface area contributed by atoms with Gasteiger partial charge < -0.3 is 15.5 Å². The van der Waals surface area contributed by atoms with E-state index >= 15 is 0 Å². The molecule has 8 nitrogen and oxygen atoms in total. The van der Waals surface area contributed by atoms with E-state index in [0.717, 1.165) is 0 Å². The number of fused-ring (bicyclic) bond motifs is 1. The maximum absolute atomic E-state index is 11.1. The molecule has 0 saturated heterocycles. The number of nitrogens with one attached hydrogen (secondary N) is 2. The molecule has 2 aromatic heterocycles. The second-order valence-electron chi connectivity index (χ2n) is 3.24. The third-order valence-corrected chi connectivity index (χ3v) is 2.10. The molecule has 0 aliphatic rings. The molecule has 2 aromatic rings. The molecule has 8 heteroatoms. The third-order valence-electron chi connectivity index (χ3n) is 2.10. The average molecular weight is 225 g/mol. The molecule has 0 aromatic carbocycles. The molecule has 0 bridgehead atoms. The minimum atomic E-state index is -0.486. The van der Waals surface area contributed by atoms with Crippen molar-refractivity contribution in [2.24, 2.45) is 0 Å². The van der Waals surface area contributed by atoms with Crippen LogP contribution in [0.25, 0.3) is 5.65 Å². The monoisotopic (exact) mass is 225 g/mol. The molecule has 0 spiro atoms. The van der Waals surface area contributed by atoms with Gasteiger partial charge in [-0.2, -0.15) is 5.10 Å². The minimum Gasteiger partial charge on any atom is -0.394 e. The summed E-state index contributed by atoms with van der Waals surface area (Å²) in [5.74, 6) is 0.430. The highest BCUT2D eigenvalue weighted by atomic mass is 16.3. The summed E-state index contributed by atoms with van der Waals surface area (Å²) in [6.45, 7) is -0.423. The molecule has 2 rings (SSSR count). The fraction of sp³-hybridized carbons (Fsp3) is 0.375. The standard InChI is InChI=1S/C8H11N5O3/c14-2-5(3-15)10-6-1-7-11-12-8(16)13(7)4-9-6/h1,4-5,10,14-15H,2-3H2,(H,12,16). The summed E-state index contributed by atoms with van der Waals surface area (Å²) in [6, 6.07) is 1.05. The first-order valence-corrected chi connectivity index (χ1v) is 4.65.